The quantitative estimate of drug-likeness (QED) is 0.854. The number of aryl methyl sites for hydroxylation is 2. The molecule has 0 radical (unpaired) electrons. The molecule has 2 aromatic rings. The first-order chi connectivity index (χ1) is 7.68. The number of imidazole rings is 1. The lowest BCUT2D eigenvalue weighted by molar-refractivity contribution is -0.137. The number of nitrogens with zero attached hydrogens (tertiary/aromatic N) is 2. The fourth-order valence-corrected chi connectivity index (χ4v) is 1.80. The summed E-state index contributed by atoms with van der Waals surface area (Å²) in [4.78, 5) is 14.7. The summed E-state index contributed by atoms with van der Waals surface area (Å²) in [6.07, 6.45) is 5.32. The first-order valence-corrected chi connectivity index (χ1v) is 5.32. The molecule has 4 heteroatoms. The SMILES string of the molecule is Cc1cccn2c(CCCC(=O)O)ncc12. The number of carbonyl (C=O) groups is 1. The number of pyridine rings is 1. The van der Waals surface area contributed by atoms with Gasteiger partial charge in [-0.25, -0.2) is 4.98 Å². The highest BCUT2D eigenvalue weighted by molar-refractivity contribution is 5.66. The monoisotopic (exact) mass is 218 g/mol. The second-order valence-electron chi connectivity index (χ2n) is 3.87. The van der Waals surface area contributed by atoms with Crippen molar-refractivity contribution in [3.8, 4) is 0 Å². The van der Waals surface area contributed by atoms with Crippen LogP contribution in [-0.2, 0) is 11.2 Å². The van der Waals surface area contributed by atoms with Crippen LogP contribution in [0.4, 0.5) is 0 Å². The van der Waals surface area contributed by atoms with E-state index < -0.39 is 5.97 Å². The molecule has 0 saturated heterocycles. The fourth-order valence-electron chi connectivity index (χ4n) is 1.80. The van der Waals surface area contributed by atoms with E-state index in [1.54, 1.807) is 0 Å². The Morgan fingerprint density at radius 3 is 3.12 bits per heavy atom. The van der Waals surface area contributed by atoms with Crippen LogP contribution in [-0.4, -0.2) is 20.5 Å². The molecular weight excluding hydrogens is 204 g/mol. The predicted octanol–water partition coefficient (Wildman–Crippen LogP) is 2.05. The molecule has 16 heavy (non-hydrogen) atoms. The summed E-state index contributed by atoms with van der Waals surface area (Å²) >= 11 is 0. The van der Waals surface area contributed by atoms with Gasteiger partial charge in [-0.1, -0.05) is 6.07 Å². The highest BCUT2D eigenvalue weighted by Gasteiger charge is 2.05. The summed E-state index contributed by atoms with van der Waals surface area (Å²) < 4.78 is 2.02. The van der Waals surface area contributed by atoms with Gasteiger partial charge in [0.05, 0.1) is 11.7 Å². The summed E-state index contributed by atoms with van der Waals surface area (Å²) in [7, 11) is 0. The van der Waals surface area contributed by atoms with Gasteiger partial charge in [-0.2, -0.15) is 0 Å². The summed E-state index contributed by atoms with van der Waals surface area (Å²) in [5.74, 6) is 0.178. The third-order valence-corrected chi connectivity index (χ3v) is 2.65. The maximum absolute atomic E-state index is 10.4. The van der Waals surface area contributed by atoms with E-state index in [-0.39, 0.29) is 6.42 Å². The zero-order chi connectivity index (χ0) is 11.5. The summed E-state index contributed by atoms with van der Waals surface area (Å²) in [6.45, 7) is 2.04. The van der Waals surface area contributed by atoms with Crippen molar-refractivity contribution in [2.75, 3.05) is 0 Å². The molecule has 0 unspecified atom stereocenters. The molecule has 0 amide bonds. The van der Waals surface area contributed by atoms with Crippen molar-refractivity contribution in [1.82, 2.24) is 9.38 Å². The largest absolute Gasteiger partial charge is 0.481 e. The van der Waals surface area contributed by atoms with E-state index in [1.807, 2.05) is 35.9 Å². The van der Waals surface area contributed by atoms with Gasteiger partial charge in [0.25, 0.3) is 0 Å². The molecule has 0 aliphatic carbocycles. The Kier molecular flexibility index (Phi) is 2.90. The van der Waals surface area contributed by atoms with Crippen LogP contribution in [0.3, 0.4) is 0 Å². The van der Waals surface area contributed by atoms with Gasteiger partial charge in [-0.05, 0) is 25.0 Å². The number of carboxylic acid groups (broad SMARTS) is 1. The molecule has 0 aliphatic rings. The minimum absolute atomic E-state index is 0.195. The maximum Gasteiger partial charge on any atom is 0.303 e. The molecule has 0 spiro atoms. The van der Waals surface area contributed by atoms with Gasteiger partial charge in [0.2, 0.25) is 0 Å². The van der Waals surface area contributed by atoms with Crippen LogP contribution >= 0.6 is 0 Å². The highest BCUT2D eigenvalue weighted by Crippen LogP contribution is 2.13. The van der Waals surface area contributed by atoms with Crippen LogP contribution in [0, 0.1) is 6.92 Å². The molecule has 0 saturated carbocycles. The van der Waals surface area contributed by atoms with Crippen LogP contribution in [0.2, 0.25) is 0 Å². The van der Waals surface area contributed by atoms with Crippen LogP contribution < -0.4 is 0 Å². The molecule has 1 N–H and O–H groups in total. The average Bonchev–Trinajstić information content (AvgIpc) is 2.63. The standard InChI is InChI=1S/C12H14N2O2/c1-9-4-3-7-14-10(9)8-13-11(14)5-2-6-12(15)16/h3-4,7-8H,2,5-6H2,1H3,(H,15,16). The Bertz CT molecular complexity index is 517. The Hall–Kier alpha value is -1.84. The number of hydrogen-bond acceptors (Lipinski definition) is 2. The lowest BCUT2D eigenvalue weighted by Gasteiger charge is -2.01. The van der Waals surface area contributed by atoms with E-state index >= 15 is 0 Å². The van der Waals surface area contributed by atoms with Crippen LogP contribution in [0.15, 0.2) is 24.5 Å². The van der Waals surface area contributed by atoms with E-state index in [1.165, 1.54) is 5.56 Å². The van der Waals surface area contributed by atoms with Crippen LogP contribution in [0.1, 0.15) is 24.2 Å². The Morgan fingerprint density at radius 2 is 2.38 bits per heavy atom. The van der Waals surface area contributed by atoms with Crippen molar-refractivity contribution in [1.29, 1.82) is 0 Å². The predicted molar refractivity (Wildman–Crippen MR) is 60.5 cm³/mol. The minimum Gasteiger partial charge on any atom is -0.481 e. The molecule has 0 atom stereocenters. The molecular formula is C12H14N2O2. The van der Waals surface area contributed by atoms with E-state index in [4.69, 9.17) is 5.11 Å². The zero-order valence-corrected chi connectivity index (χ0v) is 9.18. The molecule has 2 aromatic heterocycles. The number of hydrogen-bond donors (Lipinski definition) is 1. The molecule has 84 valence electrons. The van der Waals surface area contributed by atoms with Gasteiger partial charge >= 0.3 is 5.97 Å². The van der Waals surface area contributed by atoms with E-state index in [2.05, 4.69) is 4.98 Å². The first-order valence-electron chi connectivity index (χ1n) is 5.32. The molecule has 4 nitrogen and oxygen atoms in total. The number of rotatable bonds is 4. The van der Waals surface area contributed by atoms with Crippen molar-refractivity contribution in [3.05, 3.63) is 35.9 Å². The minimum atomic E-state index is -0.753. The second kappa shape index (κ2) is 4.35. The normalized spacial score (nSPS) is 10.8. The zero-order valence-electron chi connectivity index (χ0n) is 9.18. The first kappa shape index (κ1) is 10.7. The average molecular weight is 218 g/mol. The smallest absolute Gasteiger partial charge is 0.303 e. The highest BCUT2D eigenvalue weighted by atomic mass is 16.4. The fraction of sp³-hybridized carbons (Fsp3) is 0.333. The summed E-state index contributed by atoms with van der Waals surface area (Å²) in [5.41, 5.74) is 2.27. The molecule has 2 rings (SSSR count). The number of aliphatic carboxylic acids is 1. The van der Waals surface area contributed by atoms with Gasteiger partial charge in [0.15, 0.2) is 0 Å². The Balaban J connectivity index is 2.19. The molecule has 2 heterocycles. The van der Waals surface area contributed by atoms with Crippen LogP contribution in [0.5, 0.6) is 0 Å². The molecule has 0 bridgehead atoms. The second-order valence-corrected chi connectivity index (χ2v) is 3.87. The number of carboxylic acids is 1. The van der Waals surface area contributed by atoms with Crippen LogP contribution in [0.25, 0.3) is 5.52 Å². The Morgan fingerprint density at radius 1 is 1.56 bits per heavy atom. The Labute approximate surface area is 93.5 Å². The molecule has 0 aliphatic heterocycles. The van der Waals surface area contributed by atoms with Gasteiger partial charge in [-0.3, -0.25) is 4.79 Å². The van der Waals surface area contributed by atoms with E-state index in [9.17, 15) is 4.79 Å². The van der Waals surface area contributed by atoms with Crippen molar-refractivity contribution >= 4 is 11.5 Å². The maximum atomic E-state index is 10.4. The van der Waals surface area contributed by atoms with Crippen molar-refractivity contribution in [3.63, 3.8) is 0 Å². The van der Waals surface area contributed by atoms with Crippen molar-refractivity contribution in [2.24, 2.45) is 0 Å². The van der Waals surface area contributed by atoms with E-state index in [0.717, 1.165) is 11.3 Å². The van der Waals surface area contributed by atoms with Gasteiger partial charge in [0, 0.05) is 19.0 Å². The topological polar surface area (TPSA) is 54.6 Å². The number of fused-ring (bicyclic) bond motifs is 1. The third-order valence-electron chi connectivity index (χ3n) is 2.65. The van der Waals surface area contributed by atoms with Gasteiger partial charge in [-0.15, -0.1) is 0 Å². The summed E-state index contributed by atoms with van der Waals surface area (Å²) in [5, 5.41) is 8.57. The lowest BCUT2D eigenvalue weighted by Crippen LogP contribution is -1.99. The van der Waals surface area contributed by atoms with Gasteiger partial charge in [0.1, 0.15) is 5.82 Å². The van der Waals surface area contributed by atoms with Crippen molar-refractivity contribution in [2.45, 2.75) is 26.2 Å². The number of aromatic nitrogens is 2. The molecule has 0 aromatic carbocycles. The van der Waals surface area contributed by atoms with Crippen molar-refractivity contribution < 1.29 is 9.90 Å². The van der Waals surface area contributed by atoms with Gasteiger partial charge < -0.3 is 9.51 Å². The molecule has 0 fully saturated rings. The summed E-state index contributed by atoms with van der Waals surface area (Å²) in [6, 6.07) is 4.02. The van der Waals surface area contributed by atoms with E-state index in [0.29, 0.717) is 12.8 Å². The lowest BCUT2D eigenvalue weighted by atomic mass is 10.2. The third kappa shape index (κ3) is 2.05.